The van der Waals surface area contributed by atoms with Crippen molar-refractivity contribution in [3.8, 4) is 0 Å². The second-order valence-corrected chi connectivity index (χ2v) is 4.59. The summed E-state index contributed by atoms with van der Waals surface area (Å²) in [5.41, 5.74) is 7.79. The summed E-state index contributed by atoms with van der Waals surface area (Å²) < 4.78 is 0. The number of hydrogen-bond donors (Lipinski definition) is 1. The van der Waals surface area contributed by atoms with Gasteiger partial charge in [-0.2, -0.15) is 0 Å². The molecule has 0 atom stereocenters. The predicted molar refractivity (Wildman–Crippen MR) is 79.7 cm³/mol. The third-order valence-corrected chi connectivity index (χ3v) is 3.09. The minimum atomic E-state index is -0.0650. The van der Waals surface area contributed by atoms with Gasteiger partial charge in [0.05, 0.1) is 0 Å². The molecule has 1 amide bonds. The Kier molecular flexibility index (Phi) is 4.07. The smallest absolute Gasteiger partial charge is 0.258 e. The van der Waals surface area contributed by atoms with Crippen LogP contribution in [0, 0.1) is 0 Å². The van der Waals surface area contributed by atoms with E-state index in [2.05, 4.69) is 0 Å². The number of carbonyl (C=O) groups is 1. The molecule has 4 heteroatoms. The molecule has 0 bridgehead atoms. The monoisotopic (exact) mass is 274 g/mol. The fraction of sp³-hybridized carbons (Fsp3) is 0.133. The number of anilines is 2. The second kappa shape index (κ2) is 5.76. The van der Waals surface area contributed by atoms with E-state index >= 15 is 0 Å². The summed E-state index contributed by atoms with van der Waals surface area (Å²) in [6.07, 6.45) is 0. The van der Waals surface area contributed by atoms with Crippen LogP contribution < -0.4 is 10.6 Å². The van der Waals surface area contributed by atoms with E-state index < -0.39 is 0 Å². The van der Waals surface area contributed by atoms with Crippen molar-refractivity contribution in [1.29, 1.82) is 0 Å². The molecule has 0 heterocycles. The summed E-state index contributed by atoms with van der Waals surface area (Å²) in [4.78, 5) is 14.1. The molecule has 0 radical (unpaired) electrons. The number of amides is 1. The molecule has 0 saturated carbocycles. The first-order chi connectivity index (χ1) is 9.11. The van der Waals surface area contributed by atoms with Gasteiger partial charge in [-0.1, -0.05) is 17.7 Å². The van der Waals surface area contributed by atoms with E-state index in [1.54, 1.807) is 41.3 Å². The van der Waals surface area contributed by atoms with Crippen molar-refractivity contribution in [3.05, 3.63) is 59.1 Å². The fourth-order valence-corrected chi connectivity index (χ4v) is 2.01. The molecule has 0 fully saturated rings. The summed E-state index contributed by atoms with van der Waals surface area (Å²) >= 11 is 5.83. The van der Waals surface area contributed by atoms with Crippen LogP contribution in [0.2, 0.25) is 5.02 Å². The van der Waals surface area contributed by atoms with Crippen LogP contribution >= 0.6 is 11.6 Å². The van der Waals surface area contributed by atoms with Gasteiger partial charge in [0.1, 0.15) is 0 Å². The van der Waals surface area contributed by atoms with Crippen LogP contribution in [-0.4, -0.2) is 12.5 Å². The summed E-state index contributed by atoms with van der Waals surface area (Å²) in [6, 6.07) is 14.2. The lowest BCUT2D eigenvalue weighted by Crippen LogP contribution is -2.30. The molecule has 98 valence electrons. The normalized spacial score (nSPS) is 10.2. The third kappa shape index (κ3) is 3.06. The zero-order valence-electron chi connectivity index (χ0n) is 10.6. The van der Waals surface area contributed by atoms with Crippen molar-refractivity contribution >= 4 is 28.9 Å². The molecule has 0 unspecified atom stereocenters. The molecular formula is C15H15ClN2O. The molecular weight excluding hydrogens is 260 g/mol. The van der Waals surface area contributed by atoms with E-state index in [1.165, 1.54) is 0 Å². The van der Waals surface area contributed by atoms with Gasteiger partial charge in [0, 0.05) is 28.5 Å². The van der Waals surface area contributed by atoms with Crippen molar-refractivity contribution in [2.75, 3.05) is 17.2 Å². The van der Waals surface area contributed by atoms with Crippen LogP contribution in [0.15, 0.2) is 48.5 Å². The highest BCUT2D eigenvalue weighted by molar-refractivity contribution is 6.30. The van der Waals surface area contributed by atoms with E-state index in [0.717, 1.165) is 5.69 Å². The van der Waals surface area contributed by atoms with Crippen LogP contribution in [-0.2, 0) is 0 Å². The molecule has 2 aromatic rings. The Labute approximate surface area is 117 Å². The van der Waals surface area contributed by atoms with Gasteiger partial charge in [-0.05, 0) is 49.4 Å². The van der Waals surface area contributed by atoms with Crippen LogP contribution in [0.25, 0.3) is 0 Å². The standard InChI is InChI=1S/C15H15ClN2O/c1-2-18(14-5-3-4-13(17)10-14)15(19)11-6-8-12(16)9-7-11/h3-10H,2,17H2,1H3. The van der Waals surface area contributed by atoms with E-state index in [4.69, 9.17) is 17.3 Å². The van der Waals surface area contributed by atoms with Gasteiger partial charge in [-0.25, -0.2) is 0 Å². The molecule has 2 aromatic carbocycles. The molecule has 0 spiro atoms. The highest BCUT2D eigenvalue weighted by Crippen LogP contribution is 2.20. The Bertz CT molecular complexity index is 581. The zero-order valence-corrected chi connectivity index (χ0v) is 11.4. The summed E-state index contributed by atoms with van der Waals surface area (Å²) in [6.45, 7) is 2.50. The van der Waals surface area contributed by atoms with Gasteiger partial charge in [-0.15, -0.1) is 0 Å². The Morgan fingerprint density at radius 2 is 1.89 bits per heavy atom. The van der Waals surface area contributed by atoms with Crippen LogP contribution in [0.1, 0.15) is 17.3 Å². The number of hydrogen-bond acceptors (Lipinski definition) is 2. The summed E-state index contributed by atoms with van der Waals surface area (Å²) in [5.74, 6) is -0.0650. The minimum absolute atomic E-state index is 0.0650. The number of rotatable bonds is 3. The Hall–Kier alpha value is -2.00. The van der Waals surface area contributed by atoms with Crippen LogP contribution in [0.4, 0.5) is 11.4 Å². The lowest BCUT2D eigenvalue weighted by atomic mass is 10.1. The van der Waals surface area contributed by atoms with Crippen LogP contribution in [0.5, 0.6) is 0 Å². The topological polar surface area (TPSA) is 46.3 Å². The molecule has 0 aromatic heterocycles. The molecule has 0 aliphatic rings. The molecule has 2 N–H and O–H groups in total. The van der Waals surface area contributed by atoms with Gasteiger partial charge in [0.2, 0.25) is 0 Å². The fourth-order valence-electron chi connectivity index (χ4n) is 1.88. The second-order valence-electron chi connectivity index (χ2n) is 4.15. The number of carbonyl (C=O) groups excluding carboxylic acids is 1. The minimum Gasteiger partial charge on any atom is -0.399 e. The number of halogens is 1. The molecule has 2 rings (SSSR count). The number of nitrogen functional groups attached to an aromatic ring is 1. The maximum absolute atomic E-state index is 12.4. The van der Waals surface area contributed by atoms with Gasteiger partial charge in [0.25, 0.3) is 5.91 Å². The highest BCUT2D eigenvalue weighted by Gasteiger charge is 2.15. The lowest BCUT2D eigenvalue weighted by Gasteiger charge is -2.21. The van der Waals surface area contributed by atoms with Crippen molar-refractivity contribution in [2.24, 2.45) is 0 Å². The van der Waals surface area contributed by atoms with Crippen molar-refractivity contribution in [1.82, 2.24) is 0 Å². The molecule has 3 nitrogen and oxygen atoms in total. The van der Waals surface area contributed by atoms with Gasteiger partial charge < -0.3 is 10.6 Å². The lowest BCUT2D eigenvalue weighted by molar-refractivity contribution is 0.0988. The van der Waals surface area contributed by atoms with E-state index in [-0.39, 0.29) is 5.91 Å². The first-order valence-electron chi connectivity index (χ1n) is 6.05. The number of benzene rings is 2. The Morgan fingerprint density at radius 1 is 1.21 bits per heavy atom. The molecule has 19 heavy (non-hydrogen) atoms. The maximum Gasteiger partial charge on any atom is 0.258 e. The largest absolute Gasteiger partial charge is 0.399 e. The Balaban J connectivity index is 2.31. The number of nitrogens with zero attached hydrogens (tertiary/aromatic N) is 1. The van der Waals surface area contributed by atoms with Gasteiger partial charge in [0.15, 0.2) is 0 Å². The molecule has 0 aliphatic carbocycles. The zero-order chi connectivity index (χ0) is 13.8. The maximum atomic E-state index is 12.4. The number of nitrogens with two attached hydrogens (primary N) is 1. The molecule has 0 saturated heterocycles. The highest BCUT2D eigenvalue weighted by atomic mass is 35.5. The van der Waals surface area contributed by atoms with Crippen molar-refractivity contribution in [2.45, 2.75) is 6.92 Å². The van der Waals surface area contributed by atoms with E-state index in [1.807, 2.05) is 19.1 Å². The van der Waals surface area contributed by atoms with E-state index in [9.17, 15) is 4.79 Å². The van der Waals surface area contributed by atoms with Gasteiger partial charge >= 0.3 is 0 Å². The van der Waals surface area contributed by atoms with E-state index in [0.29, 0.717) is 22.8 Å². The summed E-state index contributed by atoms with van der Waals surface area (Å²) in [5, 5.41) is 0.614. The molecule has 0 aliphatic heterocycles. The van der Waals surface area contributed by atoms with Crippen molar-refractivity contribution < 1.29 is 4.79 Å². The first-order valence-corrected chi connectivity index (χ1v) is 6.42. The van der Waals surface area contributed by atoms with Gasteiger partial charge in [-0.3, -0.25) is 4.79 Å². The van der Waals surface area contributed by atoms with Crippen molar-refractivity contribution in [3.63, 3.8) is 0 Å². The average Bonchev–Trinajstić information content (AvgIpc) is 2.40. The first kappa shape index (κ1) is 13.4. The Morgan fingerprint density at radius 3 is 2.47 bits per heavy atom. The quantitative estimate of drug-likeness (QED) is 0.870. The average molecular weight is 275 g/mol. The predicted octanol–water partition coefficient (Wildman–Crippen LogP) is 3.59. The SMILES string of the molecule is CCN(C(=O)c1ccc(Cl)cc1)c1cccc(N)c1. The summed E-state index contributed by atoms with van der Waals surface area (Å²) in [7, 11) is 0. The third-order valence-electron chi connectivity index (χ3n) is 2.83. The van der Waals surface area contributed by atoms with Crippen LogP contribution in [0.3, 0.4) is 0 Å².